The molecule has 1 aromatic heterocycles. The predicted octanol–water partition coefficient (Wildman–Crippen LogP) is 2.01. The number of nitrogens with zero attached hydrogens (tertiary/aromatic N) is 1. The molecular weight excluding hydrogens is 234 g/mol. The first-order chi connectivity index (χ1) is 8.52. The van der Waals surface area contributed by atoms with Crippen LogP contribution in [-0.2, 0) is 7.05 Å². The van der Waals surface area contributed by atoms with Crippen molar-refractivity contribution in [1.29, 1.82) is 0 Å². The average molecular weight is 247 g/mol. The van der Waals surface area contributed by atoms with Gasteiger partial charge in [0, 0.05) is 12.4 Å². The lowest BCUT2D eigenvalue weighted by Gasteiger charge is -2.06. The van der Waals surface area contributed by atoms with E-state index in [1.165, 1.54) is 11.7 Å². The van der Waals surface area contributed by atoms with Crippen LogP contribution in [0.15, 0.2) is 12.1 Å². The van der Waals surface area contributed by atoms with Crippen molar-refractivity contribution in [2.24, 2.45) is 7.05 Å². The van der Waals surface area contributed by atoms with Crippen LogP contribution < -0.4 is 4.74 Å². The van der Waals surface area contributed by atoms with Crippen LogP contribution in [0, 0.1) is 6.92 Å². The Hall–Kier alpha value is -2.30. The van der Waals surface area contributed by atoms with Crippen LogP contribution in [-0.4, -0.2) is 29.0 Å². The minimum atomic E-state index is -1.13. The van der Waals surface area contributed by atoms with Crippen LogP contribution in [0.4, 0.5) is 0 Å². The van der Waals surface area contributed by atoms with Crippen LogP contribution in [0.2, 0.25) is 0 Å². The summed E-state index contributed by atoms with van der Waals surface area (Å²) >= 11 is 0. The summed E-state index contributed by atoms with van der Waals surface area (Å²) in [5.74, 6) is -0.578. The molecule has 0 saturated carbocycles. The molecule has 1 heterocycles. The fraction of sp³-hybridized carbons (Fsp3) is 0.231. The number of hydrogen-bond donors (Lipinski definition) is 1. The molecule has 2 rings (SSSR count). The first kappa shape index (κ1) is 12.2. The second kappa shape index (κ2) is 4.18. The van der Waals surface area contributed by atoms with E-state index in [0.717, 1.165) is 5.56 Å². The number of carboxylic acid groups (broad SMARTS) is 1. The number of ether oxygens (including phenoxy) is 1. The van der Waals surface area contributed by atoms with E-state index in [0.29, 0.717) is 22.9 Å². The second-order valence-corrected chi connectivity index (χ2v) is 4.05. The molecule has 94 valence electrons. The first-order valence-corrected chi connectivity index (χ1v) is 5.37. The maximum absolute atomic E-state index is 11.3. The Morgan fingerprint density at radius 2 is 2.11 bits per heavy atom. The lowest BCUT2D eigenvalue weighted by atomic mass is 10.1. The molecule has 0 aliphatic rings. The summed E-state index contributed by atoms with van der Waals surface area (Å²) in [4.78, 5) is 22.5. The largest absolute Gasteiger partial charge is 0.495 e. The summed E-state index contributed by atoms with van der Waals surface area (Å²) < 4.78 is 6.71. The van der Waals surface area contributed by atoms with Crippen LogP contribution in [0.1, 0.15) is 26.4 Å². The molecule has 0 bridgehead atoms. The molecule has 0 atom stereocenters. The van der Waals surface area contributed by atoms with Gasteiger partial charge in [-0.1, -0.05) is 6.07 Å². The van der Waals surface area contributed by atoms with Gasteiger partial charge in [-0.25, -0.2) is 4.79 Å². The molecule has 0 aliphatic carbocycles. The van der Waals surface area contributed by atoms with Crippen molar-refractivity contribution < 1.29 is 19.4 Å². The number of hydrogen-bond acceptors (Lipinski definition) is 3. The van der Waals surface area contributed by atoms with Crippen LogP contribution in [0.25, 0.3) is 10.9 Å². The Morgan fingerprint density at radius 1 is 1.44 bits per heavy atom. The van der Waals surface area contributed by atoms with Gasteiger partial charge in [0.25, 0.3) is 0 Å². The highest BCUT2D eigenvalue weighted by Crippen LogP contribution is 2.33. The van der Waals surface area contributed by atoms with Gasteiger partial charge in [0.2, 0.25) is 0 Å². The molecule has 1 aromatic carbocycles. The van der Waals surface area contributed by atoms with Crippen molar-refractivity contribution in [3.05, 3.63) is 29.0 Å². The molecule has 1 N–H and O–H groups in total. The molecule has 0 radical (unpaired) electrons. The number of aldehydes is 1. The van der Waals surface area contributed by atoms with E-state index in [1.807, 2.05) is 6.92 Å². The number of aryl methyl sites for hydroxylation is 2. The zero-order valence-electron chi connectivity index (χ0n) is 10.4. The number of carboxylic acids is 1. The SMILES string of the molecule is COc1ccc(C)c2c(C=O)c(C(=O)O)n(C)c12. The Labute approximate surface area is 104 Å². The summed E-state index contributed by atoms with van der Waals surface area (Å²) in [5, 5.41) is 9.84. The molecule has 2 aromatic rings. The van der Waals surface area contributed by atoms with Gasteiger partial charge in [-0.3, -0.25) is 4.79 Å². The zero-order valence-corrected chi connectivity index (χ0v) is 10.4. The average Bonchev–Trinajstić information content (AvgIpc) is 2.64. The second-order valence-electron chi connectivity index (χ2n) is 4.05. The molecule has 0 saturated heterocycles. The van der Waals surface area contributed by atoms with Gasteiger partial charge in [0.1, 0.15) is 11.4 Å². The Balaban J connectivity index is 3.06. The quantitative estimate of drug-likeness (QED) is 0.842. The van der Waals surface area contributed by atoms with E-state index in [2.05, 4.69) is 0 Å². The van der Waals surface area contributed by atoms with Crippen molar-refractivity contribution in [3.63, 3.8) is 0 Å². The number of aromatic nitrogens is 1. The predicted molar refractivity (Wildman–Crippen MR) is 66.6 cm³/mol. The molecule has 0 unspecified atom stereocenters. The van der Waals surface area contributed by atoms with E-state index in [4.69, 9.17) is 4.74 Å². The minimum Gasteiger partial charge on any atom is -0.495 e. The van der Waals surface area contributed by atoms with E-state index in [1.54, 1.807) is 19.2 Å². The minimum absolute atomic E-state index is 0.0207. The van der Waals surface area contributed by atoms with Gasteiger partial charge in [-0.05, 0) is 18.6 Å². The number of benzene rings is 1. The van der Waals surface area contributed by atoms with Crippen LogP contribution in [0.5, 0.6) is 5.75 Å². The third-order valence-electron chi connectivity index (χ3n) is 3.08. The van der Waals surface area contributed by atoms with E-state index < -0.39 is 5.97 Å². The Bertz CT molecular complexity index is 655. The van der Waals surface area contributed by atoms with E-state index in [-0.39, 0.29) is 11.3 Å². The number of carbonyl (C=O) groups is 2. The van der Waals surface area contributed by atoms with E-state index in [9.17, 15) is 14.7 Å². The van der Waals surface area contributed by atoms with E-state index >= 15 is 0 Å². The maximum atomic E-state index is 11.3. The lowest BCUT2D eigenvalue weighted by Crippen LogP contribution is -2.07. The monoisotopic (exact) mass is 247 g/mol. The topological polar surface area (TPSA) is 68.5 Å². The molecule has 0 amide bonds. The Morgan fingerprint density at radius 3 is 2.61 bits per heavy atom. The highest BCUT2D eigenvalue weighted by Gasteiger charge is 2.23. The Kier molecular flexibility index (Phi) is 2.82. The summed E-state index contributed by atoms with van der Waals surface area (Å²) in [6, 6.07) is 3.57. The van der Waals surface area contributed by atoms with Crippen molar-refractivity contribution in [2.45, 2.75) is 6.92 Å². The fourth-order valence-corrected chi connectivity index (χ4v) is 2.29. The number of fused-ring (bicyclic) bond motifs is 1. The van der Waals surface area contributed by atoms with Crippen LogP contribution in [0.3, 0.4) is 0 Å². The fourth-order valence-electron chi connectivity index (χ4n) is 2.29. The van der Waals surface area contributed by atoms with Gasteiger partial charge in [0.05, 0.1) is 18.2 Å². The molecule has 5 heteroatoms. The molecule has 0 aliphatic heterocycles. The van der Waals surface area contributed by atoms with Crippen molar-refractivity contribution in [3.8, 4) is 5.75 Å². The molecular formula is C13H13NO4. The lowest BCUT2D eigenvalue weighted by molar-refractivity contribution is 0.0684. The third kappa shape index (κ3) is 1.48. The maximum Gasteiger partial charge on any atom is 0.353 e. The smallest absolute Gasteiger partial charge is 0.353 e. The number of carbonyl (C=O) groups excluding carboxylic acids is 1. The highest BCUT2D eigenvalue weighted by molar-refractivity contribution is 6.10. The first-order valence-electron chi connectivity index (χ1n) is 5.37. The van der Waals surface area contributed by atoms with Gasteiger partial charge in [0.15, 0.2) is 6.29 Å². The molecule has 0 fully saturated rings. The van der Waals surface area contributed by atoms with Crippen molar-refractivity contribution >= 4 is 23.2 Å². The van der Waals surface area contributed by atoms with Gasteiger partial charge in [-0.2, -0.15) is 0 Å². The van der Waals surface area contributed by atoms with Crippen LogP contribution >= 0.6 is 0 Å². The number of aromatic carboxylic acids is 1. The van der Waals surface area contributed by atoms with Gasteiger partial charge < -0.3 is 14.4 Å². The molecule has 18 heavy (non-hydrogen) atoms. The summed E-state index contributed by atoms with van der Waals surface area (Å²) in [5.41, 5.74) is 1.64. The normalized spacial score (nSPS) is 10.6. The molecule has 5 nitrogen and oxygen atoms in total. The zero-order chi connectivity index (χ0) is 13.4. The number of rotatable bonds is 3. The summed E-state index contributed by atoms with van der Waals surface area (Å²) in [6.45, 7) is 1.83. The third-order valence-corrected chi connectivity index (χ3v) is 3.08. The summed E-state index contributed by atoms with van der Waals surface area (Å²) in [7, 11) is 3.12. The van der Waals surface area contributed by atoms with Crippen molar-refractivity contribution in [1.82, 2.24) is 4.57 Å². The van der Waals surface area contributed by atoms with Crippen molar-refractivity contribution in [2.75, 3.05) is 7.11 Å². The summed E-state index contributed by atoms with van der Waals surface area (Å²) in [6.07, 6.45) is 0.582. The standard InChI is InChI=1S/C13H13NO4/c1-7-4-5-9(18-3)12-10(7)8(6-15)11(13(16)17)14(12)2/h4-6H,1-3H3,(H,16,17). The van der Waals surface area contributed by atoms with Gasteiger partial charge >= 0.3 is 5.97 Å². The highest BCUT2D eigenvalue weighted by atomic mass is 16.5. The van der Waals surface area contributed by atoms with Gasteiger partial charge in [-0.15, -0.1) is 0 Å². The number of methoxy groups -OCH3 is 1. The molecule has 0 spiro atoms.